The second-order valence-corrected chi connectivity index (χ2v) is 6.97. The highest BCUT2D eigenvalue weighted by Gasteiger charge is 2.41. The Kier molecular flexibility index (Phi) is 5.33. The molecule has 2 amide bonds. The average Bonchev–Trinajstić information content (AvgIpc) is 2.55. The number of hydrogen-bond donors (Lipinski definition) is 0. The lowest BCUT2D eigenvalue weighted by Gasteiger charge is -2.34. The van der Waals surface area contributed by atoms with Gasteiger partial charge in [0.25, 0.3) is 10.0 Å². The highest BCUT2D eigenvalue weighted by molar-refractivity contribution is 7.90. The molecule has 0 saturated heterocycles. The molecule has 2 rings (SSSR count). The molecule has 9 heteroatoms. The maximum absolute atomic E-state index is 12.7. The second-order valence-electron chi connectivity index (χ2n) is 5.13. The number of rotatable bonds is 6. The molecule has 24 heavy (non-hydrogen) atoms. The minimum Gasteiger partial charge on any atom is -0.495 e. The van der Waals surface area contributed by atoms with Crippen LogP contribution in [-0.2, 0) is 19.6 Å². The monoisotopic (exact) mass is 356 g/mol. The fourth-order valence-electron chi connectivity index (χ4n) is 2.51. The van der Waals surface area contributed by atoms with Crippen LogP contribution >= 0.6 is 0 Å². The van der Waals surface area contributed by atoms with Crippen LogP contribution in [-0.4, -0.2) is 52.0 Å². The molecule has 1 heterocycles. The van der Waals surface area contributed by atoms with Crippen LogP contribution in [0.1, 0.15) is 19.8 Å². The number of urea groups is 1. The fourth-order valence-corrected chi connectivity index (χ4v) is 4.17. The number of nitrogens with zero attached hydrogens (tertiary/aromatic N) is 2. The van der Waals surface area contributed by atoms with Crippen molar-refractivity contribution >= 4 is 27.7 Å². The van der Waals surface area contributed by atoms with Crippen molar-refractivity contribution in [2.24, 2.45) is 0 Å². The number of methoxy groups -OCH3 is 1. The highest BCUT2D eigenvalue weighted by Crippen LogP contribution is 2.40. The number of benzene rings is 1. The molecule has 0 N–H and O–H groups in total. The van der Waals surface area contributed by atoms with E-state index in [2.05, 4.69) is 0 Å². The van der Waals surface area contributed by atoms with Crippen molar-refractivity contribution in [3.63, 3.8) is 0 Å². The van der Waals surface area contributed by atoms with E-state index in [1.807, 2.05) is 0 Å². The van der Waals surface area contributed by atoms with Crippen LogP contribution in [0.2, 0.25) is 0 Å². The van der Waals surface area contributed by atoms with Gasteiger partial charge in [0, 0.05) is 20.0 Å². The quantitative estimate of drug-likeness (QED) is 0.719. The Labute approximate surface area is 141 Å². The maximum Gasteiger partial charge on any atom is 0.338 e. The molecule has 1 aliphatic rings. The Morgan fingerprint density at radius 1 is 1.29 bits per heavy atom. The Morgan fingerprint density at radius 3 is 2.62 bits per heavy atom. The van der Waals surface area contributed by atoms with Crippen molar-refractivity contribution in [1.82, 2.24) is 4.31 Å². The molecular weight excluding hydrogens is 336 g/mol. The third-order valence-electron chi connectivity index (χ3n) is 3.63. The molecule has 0 spiro atoms. The number of ether oxygens (including phenoxy) is 2. The fraction of sp³-hybridized carbons (Fsp3) is 0.467. The van der Waals surface area contributed by atoms with E-state index in [4.69, 9.17) is 9.47 Å². The standard InChI is InChI=1S/C15H20N2O6S/c1-4-23-13(18)9-6-10-17-15(19)16(2)14-11(22-3)7-5-8-12(14)24(17,20)21/h5,7-8H,4,6,9-10H2,1-3H3. The zero-order chi connectivity index (χ0) is 17.9. The average molecular weight is 356 g/mol. The van der Waals surface area contributed by atoms with Crippen molar-refractivity contribution in [3.05, 3.63) is 18.2 Å². The van der Waals surface area contributed by atoms with Crippen LogP contribution in [0.4, 0.5) is 10.5 Å². The number of esters is 1. The van der Waals surface area contributed by atoms with Gasteiger partial charge in [0.15, 0.2) is 0 Å². The summed E-state index contributed by atoms with van der Waals surface area (Å²) >= 11 is 0. The van der Waals surface area contributed by atoms with Crippen LogP contribution in [0.5, 0.6) is 5.75 Å². The van der Waals surface area contributed by atoms with Gasteiger partial charge in [-0.05, 0) is 25.5 Å². The van der Waals surface area contributed by atoms with E-state index in [1.54, 1.807) is 19.1 Å². The lowest BCUT2D eigenvalue weighted by atomic mass is 10.2. The first-order valence-electron chi connectivity index (χ1n) is 7.47. The normalized spacial score (nSPS) is 15.9. The minimum atomic E-state index is -4.00. The molecule has 0 aromatic heterocycles. The summed E-state index contributed by atoms with van der Waals surface area (Å²) in [4.78, 5) is 25.1. The smallest absolute Gasteiger partial charge is 0.338 e. The van der Waals surface area contributed by atoms with Gasteiger partial charge in [-0.2, -0.15) is 0 Å². The molecule has 1 aliphatic heterocycles. The summed E-state index contributed by atoms with van der Waals surface area (Å²) in [6.07, 6.45) is 0.235. The van der Waals surface area contributed by atoms with Gasteiger partial charge in [-0.3, -0.25) is 9.69 Å². The Hall–Kier alpha value is -2.29. The first-order valence-corrected chi connectivity index (χ1v) is 8.91. The van der Waals surface area contributed by atoms with E-state index < -0.39 is 22.0 Å². The van der Waals surface area contributed by atoms with Gasteiger partial charge in [-0.15, -0.1) is 0 Å². The first-order chi connectivity index (χ1) is 11.3. The van der Waals surface area contributed by atoms with Crippen molar-refractivity contribution in [1.29, 1.82) is 0 Å². The van der Waals surface area contributed by atoms with E-state index >= 15 is 0 Å². The molecule has 0 radical (unpaired) electrons. The number of sulfonamides is 1. The molecule has 0 bridgehead atoms. The topological polar surface area (TPSA) is 93.2 Å². The summed E-state index contributed by atoms with van der Waals surface area (Å²) < 4.78 is 36.2. The lowest BCUT2D eigenvalue weighted by Crippen LogP contribution is -2.49. The maximum atomic E-state index is 12.7. The molecule has 0 atom stereocenters. The Balaban J connectivity index is 2.29. The number of para-hydroxylation sites is 1. The van der Waals surface area contributed by atoms with Gasteiger partial charge in [0.1, 0.15) is 16.3 Å². The number of anilines is 1. The van der Waals surface area contributed by atoms with E-state index in [9.17, 15) is 18.0 Å². The summed E-state index contributed by atoms with van der Waals surface area (Å²) in [5.74, 6) is -0.118. The van der Waals surface area contributed by atoms with Crippen LogP contribution in [0.25, 0.3) is 0 Å². The SMILES string of the molecule is CCOC(=O)CCCN1C(=O)N(C)c2c(OC)cccc2S1(=O)=O. The predicted octanol–water partition coefficient (Wildman–Crippen LogP) is 1.60. The van der Waals surface area contributed by atoms with E-state index in [1.165, 1.54) is 25.1 Å². The van der Waals surface area contributed by atoms with E-state index in [0.29, 0.717) is 5.75 Å². The highest BCUT2D eigenvalue weighted by atomic mass is 32.2. The summed E-state index contributed by atoms with van der Waals surface area (Å²) in [5.41, 5.74) is 0.214. The molecule has 8 nitrogen and oxygen atoms in total. The van der Waals surface area contributed by atoms with Crippen LogP contribution < -0.4 is 9.64 Å². The summed E-state index contributed by atoms with van der Waals surface area (Å²) in [7, 11) is -1.11. The Bertz CT molecular complexity index is 746. The molecule has 0 aliphatic carbocycles. The number of carbonyl (C=O) groups excluding carboxylic acids is 2. The summed E-state index contributed by atoms with van der Waals surface area (Å²) in [6.45, 7) is 1.85. The van der Waals surface area contributed by atoms with E-state index in [-0.39, 0.29) is 36.6 Å². The Morgan fingerprint density at radius 2 is 2.00 bits per heavy atom. The van der Waals surface area contributed by atoms with E-state index in [0.717, 1.165) is 4.31 Å². The van der Waals surface area contributed by atoms with Crippen LogP contribution in [0, 0.1) is 0 Å². The minimum absolute atomic E-state index is 0.0000784. The van der Waals surface area contributed by atoms with Gasteiger partial charge in [0.2, 0.25) is 0 Å². The number of carbonyl (C=O) groups is 2. The predicted molar refractivity (Wildman–Crippen MR) is 86.6 cm³/mol. The molecule has 1 aromatic rings. The number of hydrogen-bond acceptors (Lipinski definition) is 6. The number of fused-ring (bicyclic) bond motifs is 1. The third-order valence-corrected chi connectivity index (χ3v) is 5.44. The molecule has 0 fully saturated rings. The van der Waals surface area contributed by atoms with Crippen molar-refractivity contribution in [2.75, 3.05) is 32.2 Å². The van der Waals surface area contributed by atoms with Crippen molar-refractivity contribution in [2.45, 2.75) is 24.7 Å². The van der Waals surface area contributed by atoms with Crippen LogP contribution in [0.15, 0.2) is 23.1 Å². The molecule has 132 valence electrons. The second kappa shape index (κ2) is 7.08. The van der Waals surface area contributed by atoms with Gasteiger partial charge < -0.3 is 9.47 Å². The molecule has 0 unspecified atom stereocenters. The molecule has 0 saturated carbocycles. The van der Waals surface area contributed by atoms with Crippen LogP contribution in [0.3, 0.4) is 0 Å². The summed E-state index contributed by atoms with van der Waals surface area (Å²) in [5, 5.41) is 0. The molecule has 1 aromatic carbocycles. The summed E-state index contributed by atoms with van der Waals surface area (Å²) in [6, 6.07) is 3.88. The number of amides is 2. The lowest BCUT2D eigenvalue weighted by molar-refractivity contribution is -0.143. The van der Waals surface area contributed by atoms with Gasteiger partial charge in [0.05, 0.1) is 13.7 Å². The zero-order valence-electron chi connectivity index (χ0n) is 13.8. The third kappa shape index (κ3) is 3.16. The zero-order valence-corrected chi connectivity index (χ0v) is 14.6. The van der Waals surface area contributed by atoms with Gasteiger partial charge in [-0.25, -0.2) is 17.5 Å². The van der Waals surface area contributed by atoms with Crippen molar-refractivity contribution < 1.29 is 27.5 Å². The van der Waals surface area contributed by atoms with Gasteiger partial charge >= 0.3 is 12.0 Å². The van der Waals surface area contributed by atoms with Gasteiger partial charge in [-0.1, -0.05) is 6.07 Å². The largest absolute Gasteiger partial charge is 0.495 e. The van der Waals surface area contributed by atoms with Crippen molar-refractivity contribution in [3.8, 4) is 5.75 Å². The molecular formula is C15H20N2O6S. The first kappa shape index (κ1) is 18.1.